The molecule has 3 rings (SSSR count). The van der Waals surface area contributed by atoms with Gasteiger partial charge in [0.25, 0.3) is 0 Å². The van der Waals surface area contributed by atoms with E-state index < -0.39 is 0 Å². The normalized spacial score (nSPS) is 17.1. The number of ether oxygens (including phenoxy) is 2. The molecule has 1 aliphatic rings. The van der Waals surface area contributed by atoms with Crippen molar-refractivity contribution in [2.75, 3.05) is 13.7 Å². The van der Waals surface area contributed by atoms with Crippen LogP contribution in [0.2, 0.25) is 0 Å². The average molecular weight is 297 g/mol. The molecule has 114 valence electrons. The predicted octanol–water partition coefficient (Wildman–Crippen LogP) is 2.88. The monoisotopic (exact) mass is 297 g/mol. The van der Waals surface area contributed by atoms with Gasteiger partial charge in [-0.25, -0.2) is 0 Å². The van der Waals surface area contributed by atoms with Gasteiger partial charge in [0.1, 0.15) is 18.1 Å². The number of benzene rings is 2. The number of amides is 1. The molecule has 0 aromatic heterocycles. The van der Waals surface area contributed by atoms with Gasteiger partial charge in [0.2, 0.25) is 5.91 Å². The molecule has 1 unspecified atom stereocenters. The Morgan fingerprint density at radius 2 is 2.00 bits per heavy atom. The molecule has 2 aromatic carbocycles. The van der Waals surface area contributed by atoms with Gasteiger partial charge >= 0.3 is 0 Å². The lowest BCUT2D eigenvalue weighted by atomic mass is 9.97. The van der Waals surface area contributed by atoms with E-state index in [0.717, 1.165) is 22.6 Å². The molecule has 0 bridgehead atoms. The highest BCUT2D eigenvalue weighted by Gasteiger charge is 2.26. The van der Waals surface area contributed by atoms with Crippen LogP contribution in [-0.2, 0) is 11.4 Å². The Labute approximate surface area is 130 Å². The lowest BCUT2D eigenvalue weighted by molar-refractivity contribution is -0.119. The molecular formula is C18H19NO3. The van der Waals surface area contributed by atoms with Crippen molar-refractivity contribution in [3.05, 3.63) is 59.7 Å². The van der Waals surface area contributed by atoms with E-state index in [9.17, 15) is 4.79 Å². The number of carbonyl (C=O) groups is 1. The third-order valence-electron chi connectivity index (χ3n) is 3.88. The third-order valence-corrected chi connectivity index (χ3v) is 3.88. The molecular weight excluding hydrogens is 278 g/mol. The van der Waals surface area contributed by atoms with Crippen LogP contribution < -0.4 is 14.8 Å². The maximum atomic E-state index is 11.5. The number of hydrogen-bond acceptors (Lipinski definition) is 3. The Balaban J connectivity index is 1.82. The summed E-state index contributed by atoms with van der Waals surface area (Å²) in [6, 6.07) is 15.8. The minimum atomic E-state index is 0.0924. The number of carbonyl (C=O) groups excluding carboxylic acids is 1. The number of methoxy groups -OCH3 is 1. The molecule has 4 heteroatoms. The van der Waals surface area contributed by atoms with E-state index in [0.29, 0.717) is 19.6 Å². The van der Waals surface area contributed by atoms with Crippen molar-refractivity contribution in [1.82, 2.24) is 5.32 Å². The van der Waals surface area contributed by atoms with Gasteiger partial charge in [0.05, 0.1) is 7.11 Å². The van der Waals surface area contributed by atoms with Crippen molar-refractivity contribution >= 4 is 5.91 Å². The van der Waals surface area contributed by atoms with E-state index in [-0.39, 0.29) is 11.8 Å². The zero-order valence-corrected chi connectivity index (χ0v) is 12.5. The first-order chi connectivity index (χ1) is 10.8. The van der Waals surface area contributed by atoms with Crippen LogP contribution >= 0.6 is 0 Å². The molecule has 0 aliphatic carbocycles. The molecule has 1 atom stereocenters. The number of hydrogen-bond donors (Lipinski definition) is 1. The van der Waals surface area contributed by atoms with Crippen LogP contribution in [-0.4, -0.2) is 19.6 Å². The van der Waals surface area contributed by atoms with E-state index >= 15 is 0 Å². The average Bonchev–Trinajstić information content (AvgIpc) is 3.00. The second kappa shape index (κ2) is 6.52. The molecule has 1 amide bonds. The maximum Gasteiger partial charge on any atom is 0.220 e. The fourth-order valence-electron chi connectivity index (χ4n) is 2.66. The van der Waals surface area contributed by atoms with Gasteiger partial charge in [-0.3, -0.25) is 4.79 Å². The highest BCUT2D eigenvalue weighted by atomic mass is 16.5. The first-order valence-corrected chi connectivity index (χ1v) is 7.37. The van der Waals surface area contributed by atoms with Gasteiger partial charge in [-0.1, -0.05) is 36.4 Å². The van der Waals surface area contributed by atoms with Crippen LogP contribution in [0.15, 0.2) is 48.5 Å². The van der Waals surface area contributed by atoms with Crippen molar-refractivity contribution in [2.24, 2.45) is 0 Å². The third kappa shape index (κ3) is 3.22. The Kier molecular flexibility index (Phi) is 4.28. The van der Waals surface area contributed by atoms with Crippen molar-refractivity contribution < 1.29 is 14.3 Å². The summed E-state index contributed by atoms with van der Waals surface area (Å²) in [4.78, 5) is 11.5. The molecule has 4 nitrogen and oxygen atoms in total. The number of rotatable bonds is 5. The van der Waals surface area contributed by atoms with E-state index in [4.69, 9.17) is 9.47 Å². The lowest BCUT2D eigenvalue weighted by Crippen LogP contribution is -2.13. The van der Waals surface area contributed by atoms with Gasteiger partial charge < -0.3 is 14.8 Å². The molecule has 1 heterocycles. The van der Waals surface area contributed by atoms with Crippen LogP contribution in [0.25, 0.3) is 0 Å². The fourth-order valence-corrected chi connectivity index (χ4v) is 2.66. The minimum Gasteiger partial charge on any atom is -0.497 e. The van der Waals surface area contributed by atoms with Gasteiger partial charge in [-0.05, 0) is 17.2 Å². The highest BCUT2D eigenvalue weighted by molar-refractivity contribution is 5.79. The maximum absolute atomic E-state index is 11.5. The molecule has 1 saturated heterocycles. The topological polar surface area (TPSA) is 47.6 Å². The summed E-state index contributed by atoms with van der Waals surface area (Å²) >= 11 is 0. The summed E-state index contributed by atoms with van der Waals surface area (Å²) in [7, 11) is 1.64. The summed E-state index contributed by atoms with van der Waals surface area (Å²) in [5.74, 6) is 1.79. The van der Waals surface area contributed by atoms with Crippen LogP contribution in [0.4, 0.5) is 0 Å². The van der Waals surface area contributed by atoms with E-state index in [1.165, 1.54) is 0 Å². The lowest BCUT2D eigenvalue weighted by Gasteiger charge is -2.16. The van der Waals surface area contributed by atoms with Crippen LogP contribution in [0, 0.1) is 0 Å². The second-order valence-electron chi connectivity index (χ2n) is 5.38. The molecule has 1 fully saturated rings. The quantitative estimate of drug-likeness (QED) is 0.923. The summed E-state index contributed by atoms with van der Waals surface area (Å²) in [5, 5.41) is 2.87. The minimum absolute atomic E-state index is 0.0924. The predicted molar refractivity (Wildman–Crippen MR) is 84.1 cm³/mol. The van der Waals surface area contributed by atoms with Crippen molar-refractivity contribution in [2.45, 2.75) is 18.9 Å². The summed E-state index contributed by atoms with van der Waals surface area (Å²) in [6.07, 6.45) is 0.508. The van der Waals surface area contributed by atoms with Crippen LogP contribution in [0.3, 0.4) is 0 Å². The molecule has 1 aliphatic heterocycles. The Morgan fingerprint density at radius 3 is 2.68 bits per heavy atom. The Hall–Kier alpha value is -2.49. The van der Waals surface area contributed by atoms with Crippen molar-refractivity contribution in [1.29, 1.82) is 0 Å². The van der Waals surface area contributed by atoms with Gasteiger partial charge in [0.15, 0.2) is 0 Å². The summed E-state index contributed by atoms with van der Waals surface area (Å²) < 4.78 is 11.3. The van der Waals surface area contributed by atoms with Crippen molar-refractivity contribution in [3.63, 3.8) is 0 Å². The van der Waals surface area contributed by atoms with Gasteiger partial charge in [-0.15, -0.1) is 0 Å². The van der Waals surface area contributed by atoms with Crippen molar-refractivity contribution in [3.8, 4) is 11.5 Å². The smallest absolute Gasteiger partial charge is 0.220 e. The van der Waals surface area contributed by atoms with Crippen LogP contribution in [0.1, 0.15) is 23.5 Å². The Morgan fingerprint density at radius 1 is 1.18 bits per heavy atom. The SMILES string of the molecule is COc1ccc(C2CNC(=O)C2)c(OCc2ccccc2)c1. The van der Waals surface area contributed by atoms with E-state index in [2.05, 4.69) is 5.32 Å². The molecule has 22 heavy (non-hydrogen) atoms. The molecule has 0 spiro atoms. The summed E-state index contributed by atoms with van der Waals surface area (Å²) in [6.45, 7) is 1.15. The first kappa shape index (κ1) is 14.4. The molecule has 1 N–H and O–H groups in total. The van der Waals surface area contributed by atoms with Gasteiger partial charge in [-0.2, -0.15) is 0 Å². The molecule has 0 saturated carbocycles. The zero-order chi connectivity index (χ0) is 15.4. The number of nitrogens with one attached hydrogen (secondary N) is 1. The van der Waals surface area contributed by atoms with E-state index in [1.807, 2.05) is 48.5 Å². The fraction of sp³-hybridized carbons (Fsp3) is 0.278. The largest absolute Gasteiger partial charge is 0.497 e. The molecule has 0 radical (unpaired) electrons. The summed E-state index contributed by atoms with van der Waals surface area (Å²) in [5.41, 5.74) is 2.16. The van der Waals surface area contributed by atoms with Gasteiger partial charge in [0, 0.05) is 24.9 Å². The zero-order valence-electron chi connectivity index (χ0n) is 12.5. The molecule has 2 aromatic rings. The second-order valence-corrected chi connectivity index (χ2v) is 5.38. The first-order valence-electron chi connectivity index (χ1n) is 7.37. The van der Waals surface area contributed by atoms with E-state index in [1.54, 1.807) is 7.11 Å². The van der Waals surface area contributed by atoms with Crippen LogP contribution in [0.5, 0.6) is 11.5 Å². The highest BCUT2D eigenvalue weighted by Crippen LogP contribution is 2.34. The standard InChI is InChI=1S/C18H19NO3/c1-21-15-7-8-16(14-9-18(20)19-11-14)17(10-15)22-12-13-5-3-2-4-6-13/h2-8,10,14H,9,11-12H2,1H3,(H,19,20). The Bertz CT molecular complexity index is 655.